The zero-order valence-corrected chi connectivity index (χ0v) is 10.6. The second kappa shape index (κ2) is 5.95. The Hall–Kier alpha value is -2.43. The third-order valence-corrected chi connectivity index (χ3v) is 2.64. The summed E-state index contributed by atoms with van der Waals surface area (Å²) >= 11 is 0. The quantitative estimate of drug-likeness (QED) is 0.857. The summed E-state index contributed by atoms with van der Waals surface area (Å²) in [5.74, 6) is -0.823. The molecule has 0 radical (unpaired) electrons. The minimum atomic E-state index is -0.823. The van der Waals surface area contributed by atoms with Crippen molar-refractivity contribution < 1.29 is 9.90 Å². The van der Waals surface area contributed by atoms with E-state index in [2.05, 4.69) is 15.5 Å². The van der Waals surface area contributed by atoms with Gasteiger partial charge in [-0.3, -0.25) is 4.79 Å². The third-order valence-electron chi connectivity index (χ3n) is 2.64. The van der Waals surface area contributed by atoms with Crippen LogP contribution in [0.25, 0.3) is 0 Å². The zero-order chi connectivity index (χ0) is 13.7. The molecule has 0 bridgehead atoms. The van der Waals surface area contributed by atoms with E-state index < -0.39 is 5.97 Å². The van der Waals surface area contributed by atoms with E-state index >= 15 is 0 Å². The highest BCUT2D eigenvalue weighted by Crippen LogP contribution is 2.11. The van der Waals surface area contributed by atoms with Crippen molar-refractivity contribution in [2.45, 2.75) is 19.9 Å². The zero-order valence-electron chi connectivity index (χ0n) is 10.6. The van der Waals surface area contributed by atoms with E-state index in [1.807, 2.05) is 31.2 Å². The van der Waals surface area contributed by atoms with E-state index in [1.54, 1.807) is 12.1 Å². The van der Waals surface area contributed by atoms with Gasteiger partial charge in [0.15, 0.2) is 0 Å². The van der Waals surface area contributed by atoms with Crippen molar-refractivity contribution in [3.8, 4) is 0 Å². The first-order chi connectivity index (χ1) is 9.13. The van der Waals surface area contributed by atoms with E-state index in [4.69, 9.17) is 5.11 Å². The summed E-state index contributed by atoms with van der Waals surface area (Å²) in [6, 6.07) is 11.2. The van der Waals surface area contributed by atoms with Gasteiger partial charge in [-0.2, -0.15) is 10.2 Å². The highest BCUT2D eigenvalue weighted by Gasteiger charge is 2.00. The molecule has 0 aliphatic heterocycles. The fourth-order valence-electron chi connectivity index (χ4n) is 1.63. The molecule has 1 aromatic heterocycles. The molecule has 0 aliphatic rings. The molecule has 0 spiro atoms. The maximum Gasteiger partial charge on any atom is 0.307 e. The first-order valence-electron chi connectivity index (χ1n) is 5.97. The predicted octanol–water partition coefficient (Wildman–Crippen LogP) is 2.02. The topological polar surface area (TPSA) is 75.1 Å². The number of carboxylic acid groups (broad SMARTS) is 1. The number of nitrogens with zero attached hydrogens (tertiary/aromatic N) is 2. The molecule has 5 heteroatoms. The van der Waals surface area contributed by atoms with Crippen LogP contribution in [0.5, 0.6) is 0 Å². The summed E-state index contributed by atoms with van der Waals surface area (Å²) < 4.78 is 0. The maximum absolute atomic E-state index is 10.6. The van der Waals surface area contributed by atoms with Gasteiger partial charge in [0.05, 0.1) is 24.4 Å². The molecular weight excluding hydrogens is 242 g/mol. The summed E-state index contributed by atoms with van der Waals surface area (Å²) in [5, 5.41) is 19.9. The standard InChI is InChI=1S/C14H15N3O2/c1-10-2-5-13(17-16-10)9-15-12-6-3-11(4-7-12)8-14(18)19/h2-7,15H,8-9H2,1H3,(H,18,19). The van der Waals surface area contributed by atoms with Crippen molar-refractivity contribution in [3.05, 3.63) is 53.3 Å². The fraction of sp³-hybridized carbons (Fsp3) is 0.214. The first kappa shape index (κ1) is 13.0. The summed E-state index contributed by atoms with van der Waals surface area (Å²) in [6.07, 6.45) is 0.0454. The Labute approximate surface area is 111 Å². The number of hydrogen-bond acceptors (Lipinski definition) is 4. The molecule has 2 rings (SSSR count). The van der Waals surface area contributed by atoms with Crippen molar-refractivity contribution in [2.75, 3.05) is 5.32 Å². The molecule has 0 atom stereocenters. The third kappa shape index (κ3) is 4.06. The number of rotatable bonds is 5. The van der Waals surface area contributed by atoms with Crippen molar-refractivity contribution >= 4 is 11.7 Å². The molecule has 0 unspecified atom stereocenters. The van der Waals surface area contributed by atoms with Gasteiger partial charge in [0.2, 0.25) is 0 Å². The van der Waals surface area contributed by atoms with Crippen LogP contribution in [0, 0.1) is 6.92 Å². The van der Waals surface area contributed by atoms with Crippen molar-refractivity contribution in [3.63, 3.8) is 0 Å². The molecule has 0 aliphatic carbocycles. The lowest BCUT2D eigenvalue weighted by Crippen LogP contribution is -2.04. The lowest BCUT2D eigenvalue weighted by atomic mass is 10.1. The molecule has 2 aromatic rings. The molecule has 2 N–H and O–H groups in total. The molecule has 0 saturated heterocycles. The van der Waals surface area contributed by atoms with Gasteiger partial charge in [-0.05, 0) is 36.8 Å². The number of benzene rings is 1. The van der Waals surface area contributed by atoms with Crippen LogP contribution in [0.2, 0.25) is 0 Å². The molecule has 0 amide bonds. The minimum absolute atomic E-state index is 0.0454. The SMILES string of the molecule is Cc1ccc(CNc2ccc(CC(=O)O)cc2)nn1. The number of nitrogens with one attached hydrogen (secondary N) is 1. The van der Waals surface area contributed by atoms with E-state index in [0.29, 0.717) is 6.54 Å². The highest BCUT2D eigenvalue weighted by molar-refractivity contribution is 5.70. The van der Waals surface area contributed by atoms with E-state index in [0.717, 1.165) is 22.6 Å². The van der Waals surface area contributed by atoms with Crippen LogP contribution in [-0.2, 0) is 17.8 Å². The molecule has 98 valence electrons. The molecule has 19 heavy (non-hydrogen) atoms. The Bertz CT molecular complexity index is 550. The first-order valence-corrected chi connectivity index (χ1v) is 5.97. The van der Waals surface area contributed by atoms with Crippen LogP contribution < -0.4 is 5.32 Å². The Balaban J connectivity index is 1.92. The van der Waals surface area contributed by atoms with E-state index in [-0.39, 0.29) is 6.42 Å². The molecule has 5 nitrogen and oxygen atoms in total. The number of aliphatic carboxylic acids is 1. The minimum Gasteiger partial charge on any atom is -0.481 e. The average molecular weight is 257 g/mol. The van der Waals surface area contributed by atoms with Gasteiger partial charge >= 0.3 is 5.97 Å². The summed E-state index contributed by atoms with van der Waals surface area (Å²) in [7, 11) is 0. The number of aryl methyl sites for hydroxylation is 1. The number of hydrogen-bond donors (Lipinski definition) is 2. The Kier molecular flexibility index (Phi) is 4.07. The smallest absolute Gasteiger partial charge is 0.307 e. The normalized spacial score (nSPS) is 10.2. The van der Waals surface area contributed by atoms with Crippen LogP contribution >= 0.6 is 0 Å². The van der Waals surface area contributed by atoms with Gasteiger partial charge < -0.3 is 10.4 Å². The molecule has 0 saturated carbocycles. The maximum atomic E-state index is 10.6. The van der Waals surface area contributed by atoms with Gasteiger partial charge in [0.1, 0.15) is 0 Å². The second-order valence-corrected chi connectivity index (χ2v) is 4.29. The summed E-state index contributed by atoms with van der Waals surface area (Å²) in [4.78, 5) is 10.6. The van der Waals surface area contributed by atoms with E-state index in [9.17, 15) is 4.79 Å². The van der Waals surface area contributed by atoms with Crippen LogP contribution in [0.15, 0.2) is 36.4 Å². The molecular formula is C14H15N3O2. The van der Waals surface area contributed by atoms with Crippen LogP contribution in [0.1, 0.15) is 17.0 Å². The number of anilines is 1. The lowest BCUT2D eigenvalue weighted by Gasteiger charge is -2.06. The molecule has 1 aromatic carbocycles. The van der Waals surface area contributed by atoms with Gasteiger partial charge in [-0.15, -0.1) is 0 Å². The Morgan fingerprint density at radius 3 is 2.47 bits per heavy atom. The number of carboxylic acids is 1. The van der Waals surface area contributed by atoms with E-state index in [1.165, 1.54) is 0 Å². The fourth-order valence-corrected chi connectivity index (χ4v) is 1.63. The molecule has 0 fully saturated rings. The average Bonchev–Trinajstić information content (AvgIpc) is 2.39. The molecule has 1 heterocycles. The monoisotopic (exact) mass is 257 g/mol. The highest BCUT2D eigenvalue weighted by atomic mass is 16.4. The Morgan fingerprint density at radius 2 is 1.89 bits per heavy atom. The lowest BCUT2D eigenvalue weighted by molar-refractivity contribution is -0.136. The number of carbonyl (C=O) groups is 1. The number of aromatic nitrogens is 2. The van der Waals surface area contributed by atoms with Gasteiger partial charge in [0.25, 0.3) is 0 Å². The van der Waals surface area contributed by atoms with Crippen LogP contribution in [-0.4, -0.2) is 21.3 Å². The van der Waals surface area contributed by atoms with Gasteiger partial charge in [-0.1, -0.05) is 12.1 Å². The largest absolute Gasteiger partial charge is 0.481 e. The second-order valence-electron chi connectivity index (χ2n) is 4.29. The van der Waals surface area contributed by atoms with Crippen molar-refractivity contribution in [2.24, 2.45) is 0 Å². The summed E-state index contributed by atoms with van der Waals surface area (Å²) in [5.41, 5.74) is 3.46. The van der Waals surface area contributed by atoms with Crippen molar-refractivity contribution in [1.29, 1.82) is 0 Å². The Morgan fingerprint density at radius 1 is 1.16 bits per heavy atom. The summed E-state index contributed by atoms with van der Waals surface area (Å²) in [6.45, 7) is 2.48. The van der Waals surface area contributed by atoms with Crippen molar-refractivity contribution in [1.82, 2.24) is 10.2 Å². The van der Waals surface area contributed by atoms with Crippen LogP contribution in [0.3, 0.4) is 0 Å². The van der Waals surface area contributed by atoms with Gasteiger partial charge in [0, 0.05) is 5.69 Å². The van der Waals surface area contributed by atoms with Gasteiger partial charge in [-0.25, -0.2) is 0 Å². The van der Waals surface area contributed by atoms with Crippen LogP contribution in [0.4, 0.5) is 5.69 Å². The predicted molar refractivity (Wildman–Crippen MR) is 71.9 cm³/mol.